The molecule has 0 aromatic rings. The first-order chi connectivity index (χ1) is 2.81. The van der Waals surface area contributed by atoms with Crippen LogP contribution in [0.1, 0.15) is 26.7 Å². The van der Waals surface area contributed by atoms with E-state index in [0.717, 1.165) is 12.3 Å². The third kappa shape index (κ3) is 6.66. The molecule has 0 aliphatic carbocycles. The van der Waals surface area contributed by atoms with Crippen LogP contribution in [0.5, 0.6) is 0 Å². The molecule has 0 spiro atoms. The quantitative estimate of drug-likeness (QED) is 0.464. The van der Waals surface area contributed by atoms with E-state index in [2.05, 4.69) is 20.8 Å². The molecule has 7 heavy (non-hydrogen) atoms. The van der Waals surface area contributed by atoms with Gasteiger partial charge in [0.1, 0.15) is 0 Å². The summed E-state index contributed by atoms with van der Waals surface area (Å²) in [6.45, 7) is 8.16. The van der Waals surface area contributed by atoms with E-state index in [9.17, 15) is 0 Å². The third-order valence-electron chi connectivity index (χ3n) is 1.19. The average molecular weight is 192 g/mol. The molecule has 1 unspecified atom stereocenters. The molecular weight excluding hydrogens is 178 g/mol. The normalized spacial score (nSPS) is 12.4. The summed E-state index contributed by atoms with van der Waals surface area (Å²) in [6.07, 6.45) is 2.35. The standard InChI is InChI=1S/C6H13.Pd/c1-4-6(3)5-2;/h6H,1,4-5H2,2-3H3;/q-1;. The molecular formula is C6H13Pd-. The first-order valence-electron chi connectivity index (χ1n) is 2.60. The Kier molecular flexibility index (Phi) is 10.1. The maximum Gasteiger partial charge on any atom is 0 e. The Labute approximate surface area is 60.3 Å². The Morgan fingerprint density at radius 3 is 2.00 bits per heavy atom. The predicted octanol–water partition coefficient (Wildman–Crippen LogP) is 2.25. The Hall–Kier alpha value is 0.662. The number of hydrogen-bond donors (Lipinski definition) is 0. The summed E-state index contributed by atoms with van der Waals surface area (Å²) < 4.78 is 0. The van der Waals surface area contributed by atoms with Crippen molar-refractivity contribution in [1.82, 2.24) is 0 Å². The third-order valence-corrected chi connectivity index (χ3v) is 1.19. The molecule has 0 fully saturated rings. The molecule has 1 atom stereocenters. The molecule has 0 N–H and O–H groups in total. The largest absolute Gasteiger partial charge is 0.343 e. The second-order valence-electron chi connectivity index (χ2n) is 1.80. The Balaban J connectivity index is 0. The van der Waals surface area contributed by atoms with Crippen molar-refractivity contribution in [3.8, 4) is 0 Å². The summed E-state index contributed by atoms with van der Waals surface area (Å²) in [5.74, 6) is 0.824. The molecule has 0 heterocycles. The van der Waals surface area contributed by atoms with E-state index in [1.165, 1.54) is 6.42 Å². The van der Waals surface area contributed by atoms with Crippen LogP contribution in [0.25, 0.3) is 0 Å². The van der Waals surface area contributed by atoms with Crippen molar-refractivity contribution in [1.29, 1.82) is 0 Å². The van der Waals surface area contributed by atoms with Crippen LogP contribution in [0.2, 0.25) is 0 Å². The number of rotatable bonds is 2. The second-order valence-corrected chi connectivity index (χ2v) is 1.80. The minimum atomic E-state index is 0. The molecule has 1 heteroatoms. The summed E-state index contributed by atoms with van der Waals surface area (Å²) in [5.41, 5.74) is 0. The molecule has 0 nitrogen and oxygen atoms in total. The maximum absolute atomic E-state index is 3.76. The van der Waals surface area contributed by atoms with Gasteiger partial charge in [-0.2, -0.15) is 6.42 Å². The van der Waals surface area contributed by atoms with Gasteiger partial charge in [-0.1, -0.05) is 26.2 Å². The van der Waals surface area contributed by atoms with Gasteiger partial charge < -0.3 is 6.92 Å². The fraction of sp³-hybridized carbons (Fsp3) is 0.833. The molecule has 0 aromatic heterocycles. The molecule has 0 amide bonds. The minimum Gasteiger partial charge on any atom is -0.343 e. The van der Waals surface area contributed by atoms with E-state index in [1.807, 2.05) is 0 Å². The van der Waals surface area contributed by atoms with Crippen LogP contribution in [0.4, 0.5) is 0 Å². The molecule has 0 aliphatic rings. The fourth-order valence-corrected chi connectivity index (χ4v) is 0.204. The van der Waals surface area contributed by atoms with Crippen LogP contribution in [-0.2, 0) is 20.4 Å². The first-order valence-corrected chi connectivity index (χ1v) is 2.60. The van der Waals surface area contributed by atoms with E-state index in [1.54, 1.807) is 0 Å². The monoisotopic (exact) mass is 191 g/mol. The average Bonchev–Trinajstić information content (AvgIpc) is 1.65. The van der Waals surface area contributed by atoms with E-state index in [4.69, 9.17) is 0 Å². The molecule has 0 bridgehead atoms. The van der Waals surface area contributed by atoms with Crippen molar-refractivity contribution in [2.75, 3.05) is 0 Å². The summed E-state index contributed by atoms with van der Waals surface area (Å²) >= 11 is 0. The van der Waals surface area contributed by atoms with E-state index >= 15 is 0 Å². The van der Waals surface area contributed by atoms with Crippen LogP contribution >= 0.6 is 0 Å². The second kappa shape index (κ2) is 6.66. The SMILES string of the molecule is [CH2-]CC(C)CC.[Pd]. The van der Waals surface area contributed by atoms with Crippen molar-refractivity contribution in [2.45, 2.75) is 26.7 Å². The summed E-state index contributed by atoms with van der Waals surface area (Å²) in [4.78, 5) is 0. The van der Waals surface area contributed by atoms with Crippen LogP contribution in [0.15, 0.2) is 0 Å². The van der Waals surface area contributed by atoms with E-state index in [-0.39, 0.29) is 20.4 Å². The predicted molar refractivity (Wildman–Crippen MR) is 29.4 cm³/mol. The van der Waals surface area contributed by atoms with Gasteiger partial charge in [0.05, 0.1) is 0 Å². The van der Waals surface area contributed by atoms with Crippen LogP contribution in [-0.4, -0.2) is 0 Å². The van der Waals surface area contributed by atoms with Crippen molar-refractivity contribution in [3.05, 3.63) is 6.92 Å². The van der Waals surface area contributed by atoms with E-state index < -0.39 is 0 Å². The summed E-state index contributed by atoms with van der Waals surface area (Å²) in [7, 11) is 0. The Morgan fingerprint density at radius 1 is 1.57 bits per heavy atom. The topological polar surface area (TPSA) is 0 Å². The fourth-order valence-electron chi connectivity index (χ4n) is 0.204. The molecule has 0 aromatic carbocycles. The van der Waals surface area contributed by atoms with Crippen LogP contribution < -0.4 is 0 Å². The van der Waals surface area contributed by atoms with Gasteiger partial charge in [0.15, 0.2) is 0 Å². The summed E-state index contributed by atoms with van der Waals surface area (Å²) in [5, 5.41) is 0. The van der Waals surface area contributed by atoms with Crippen molar-refractivity contribution >= 4 is 0 Å². The zero-order chi connectivity index (χ0) is 4.99. The van der Waals surface area contributed by atoms with E-state index in [0.29, 0.717) is 0 Å². The van der Waals surface area contributed by atoms with Gasteiger partial charge in [0.2, 0.25) is 0 Å². The number of hydrogen-bond acceptors (Lipinski definition) is 0. The molecule has 48 valence electrons. The molecule has 0 aliphatic heterocycles. The molecule has 0 rings (SSSR count). The first kappa shape index (κ1) is 10.6. The van der Waals surface area contributed by atoms with Gasteiger partial charge in [0.25, 0.3) is 0 Å². The van der Waals surface area contributed by atoms with Crippen molar-refractivity contribution in [2.24, 2.45) is 5.92 Å². The van der Waals surface area contributed by atoms with Gasteiger partial charge in [0, 0.05) is 20.4 Å². The molecule has 0 saturated heterocycles. The van der Waals surface area contributed by atoms with Crippen molar-refractivity contribution < 1.29 is 20.4 Å². The molecule has 0 saturated carbocycles. The Bertz CT molecular complexity index is 23.4. The zero-order valence-corrected chi connectivity index (χ0v) is 6.57. The zero-order valence-electron chi connectivity index (χ0n) is 5.01. The minimum absolute atomic E-state index is 0. The van der Waals surface area contributed by atoms with Crippen LogP contribution in [0.3, 0.4) is 0 Å². The Morgan fingerprint density at radius 2 is 2.00 bits per heavy atom. The smallest absolute Gasteiger partial charge is 0 e. The van der Waals surface area contributed by atoms with Gasteiger partial charge in [-0.05, 0) is 0 Å². The molecule has 0 radical (unpaired) electrons. The van der Waals surface area contributed by atoms with Gasteiger partial charge >= 0.3 is 0 Å². The van der Waals surface area contributed by atoms with Gasteiger partial charge in [-0.3, -0.25) is 0 Å². The van der Waals surface area contributed by atoms with Crippen LogP contribution in [0, 0.1) is 12.8 Å². The maximum atomic E-state index is 3.76. The van der Waals surface area contributed by atoms with Crippen molar-refractivity contribution in [3.63, 3.8) is 0 Å². The summed E-state index contributed by atoms with van der Waals surface area (Å²) in [6, 6.07) is 0. The van der Waals surface area contributed by atoms with Gasteiger partial charge in [-0.15, -0.1) is 0 Å². The van der Waals surface area contributed by atoms with Gasteiger partial charge in [-0.25, -0.2) is 0 Å².